The maximum Gasteiger partial charge on any atom is 0.327 e. The van der Waals surface area contributed by atoms with Crippen molar-refractivity contribution in [2.75, 3.05) is 26.7 Å². The molecule has 3 aromatic heterocycles. The highest BCUT2D eigenvalue weighted by atomic mass is 35.5. The first-order valence-electron chi connectivity index (χ1n) is 12.2. The molecule has 5 heterocycles. The molecule has 3 amide bonds. The number of fused-ring (bicyclic) bond motifs is 2. The van der Waals surface area contributed by atoms with Crippen molar-refractivity contribution in [1.82, 2.24) is 24.7 Å². The van der Waals surface area contributed by atoms with Gasteiger partial charge in [0.25, 0.3) is 5.91 Å². The fraction of sp³-hybridized carbons (Fsp3) is 0.333. The molecule has 37 heavy (non-hydrogen) atoms. The van der Waals surface area contributed by atoms with Crippen LogP contribution in [0.4, 0.5) is 4.79 Å². The number of imide groups is 1. The summed E-state index contributed by atoms with van der Waals surface area (Å²) in [6, 6.07) is 12.2. The first-order valence-corrected chi connectivity index (χ1v) is 13.4. The van der Waals surface area contributed by atoms with Crippen LogP contribution in [0.2, 0.25) is 5.02 Å². The lowest BCUT2D eigenvalue weighted by molar-refractivity contribution is -0.125. The van der Waals surface area contributed by atoms with Gasteiger partial charge in [-0.15, -0.1) is 11.3 Å². The summed E-state index contributed by atoms with van der Waals surface area (Å²) in [5, 5.41) is 15.1. The molecule has 0 bridgehead atoms. The first kappa shape index (κ1) is 23.9. The normalized spacial score (nSPS) is 17.8. The lowest BCUT2D eigenvalue weighted by Gasteiger charge is -2.32. The molecule has 6 rings (SSSR count). The van der Waals surface area contributed by atoms with Gasteiger partial charge in [-0.2, -0.15) is 5.26 Å². The van der Waals surface area contributed by atoms with Crippen molar-refractivity contribution < 1.29 is 9.59 Å². The number of carbonyl (C=O) groups is 2. The molecule has 0 unspecified atom stereocenters. The van der Waals surface area contributed by atoms with E-state index < -0.39 is 5.41 Å². The Balaban J connectivity index is 1.44. The van der Waals surface area contributed by atoms with Gasteiger partial charge in [0, 0.05) is 52.4 Å². The second kappa shape index (κ2) is 9.14. The number of halogens is 1. The quantitative estimate of drug-likeness (QED) is 0.370. The number of nitriles is 1. The summed E-state index contributed by atoms with van der Waals surface area (Å²) in [5.41, 5.74) is 3.39. The minimum atomic E-state index is -0.417. The van der Waals surface area contributed by atoms with Gasteiger partial charge in [-0.05, 0) is 56.3 Å². The molecule has 10 heteroatoms. The second-order valence-electron chi connectivity index (χ2n) is 9.88. The lowest BCUT2D eigenvalue weighted by Crippen LogP contribution is -2.38. The van der Waals surface area contributed by atoms with Gasteiger partial charge in [0.15, 0.2) is 0 Å². The predicted molar refractivity (Wildman–Crippen MR) is 144 cm³/mol. The molecule has 8 nitrogen and oxygen atoms in total. The third kappa shape index (κ3) is 4.15. The number of pyridine rings is 1. The van der Waals surface area contributed by atoms with Crippen molar-refractivity contribution >= 4 is 56.0 Å². The Morgan fingerprint density at radius 2 is 2.00 bits per heavy atom. The molecule has 188 valence electrons. The molecule has 0 radical (unpaired) electrons. The number of nitrogens with zero attached hydrogens (tertiary/aromatic N) is 5. The Labute approximate surface area is 223 Å². The van der Waals surface area contributed by atoms with Crippen LogP contribution in [0.25, 0.3) is 32.2 Å². The summed E-state index contributed by atoms with van der Waals surface area (Å²) in [4.78, 5) is 32.9. The van der Waals surface area contributed by atoms with E-state index in [1.54, 1.807) is 13.2 Å². The zero-order chi connectivity index (χ0) is 25.7. The third-order valence-corrected chi connectivity index (χ3v) is 8.75. The van der Waals surface area contributed by atoms with Crippen LogP contribution in [-0.4, -0.2) is 58.0 Å². The monoisotopic (exact) mass is 532 g/mol. The average Bonchev–Trinajstić information content (AvgIpc) is 3.56. The van der Waals surface area contributed by atoms with E-state index in [2.05, 4.69) is 27.0 Å². The van der Waals surface area contributed by atoms with E-state index in [-0.39, 0.29) is 25.0 Å². The molecule has 0 saturated carbocycles. The Bertz CT molecular complexity index is 1600. The molecule has 2 fully saturated rings. The van der Waals surface area contributed by atoms with E-state index in [9.17, 15) is 14.9 Å². The number of benzene rings is 1. The minimum absolute atomic E-state index is 0.102. The molecule has 1 aromatic carbocycles. The number of hydrogen-bond acceptors (Lipinski definition) is 6. The van der Waals surface area contributed by atoms with Crippen LogP contribution >= 0.6 is 22.9 Å². The Kier molecular flexibility index (Phi) is 5.91. The number of rotatable bonds is 5. The van der Waals surface area contributed by atoms with E-state index in [4.69, 9.17) is 11.6 Å². The van der Waals surface area contributed by atoms with Gasteiger partial charge in [-0.25, -0.2) is 4.79 Å². The zero-order valence-corrected chi connectivity index (χ0v) is 21.9. The van der Waals surface area contributed by atoms with Crippen LogP contribution in [0.5, 0.6) is 0 Å². The standard InChI is InChI=1S/C27H25ClN6O2S/c1-32-14-23(35)34(26(32)36)13-19-12-22-25(37-19)20(2-6-31-22)21-11-18(28)10-17-3-9-33(24(17)21)16-27(15-29)4-7-30-8-5-27/h2-3,6,9-12,30H,4-5,7-8,13-14,16H2,1H3. The van der Waals surface area contributed by atoms with Crippen LogP contribution in [0, 0.1) is 16.7 Å². The highest BCUT2D eigenvalue weighted by molar-refractivity contribution is 7.19. The Morgan fingerprint density at radius 3 is 2.73 bits per heavy atom. The number of carbonyl (C=O) groups excluding carboxylic acids is 2. The number of aromatic nitrogens is 2. The van der Waals surface area contributed by atoms with Crippen LogP contribution in [0.15, 0.2) is 42.7 Å². The lowest BCUT2D eigenvalue weighted by atomic mass is 9.80. The zero-order valence-electron chi connectivity index (χ0n) is 20.3. The number of likely N-dealkylation sites (N-methyl/N-ethyl adjacent to an activating group) is 1. The van der Waals surface area contributed by atoms with Gasteiger partial charge < -0.3 is 14.8 Å². The van der Waals surface area contributed by atoms with E-state index in [0.29, 0.717) is 11.6 Å². The van der Waals surface area contributed by atoms with Crippen LogP contribution < -0.4 is 5.32 Å². The number of nitrogens with one attached hydrogen (secondary N) is 1. The van der Waals surface area contributed by atoms with E-state index >= 15 is 0 Å². The highest BCUT2D eigenvalue weighted by Crippen LogP contribution is 2.41. The van der Waals surface area contributed by atoms with Crippen molar-refractivity contribution in [3.05, 3.63) is 52.6 Å². The molecule has 2 aliphatic rings. The summed E-state index contributed by atoms with van der Waals surface area (Å²) in [6.45, 7) is 2.62. The second-order valence-corrected chi connectivity index (χ2v) is 11.5. The SMILES string of the molecule is CN1CC(=O)N(Cc2cc3nccc(-c4cc(Cl)cc5ccn(CC6(C#N)CCNCC6)c45)c3s2)C1=O. The Hall–Kier alpha value is -3.45. The van der Waals surface area contributed by atoms with Crippen molar-refractivity contribution in [1.29, 1.82) is 5.26 Å². The molecule has 0 atom stereocenters. The van der Waals surface area contributed by atoms with Gasteiger partial charge in [-0.1, -0.05) is 11.6 Å². The van der Waals surface area contributed by atoms with Crippen LogP contribution in [-0.2, 0) is 17.9 Å². The van der Waals surface area contributed by atoms with Gasteiger partial charge in [0.05, 0.1) is 33.8 Å². The number of urea groups is 1. The summed E-state index contributed by atoms with van der Waals surface area (Å²) in [5.74, 6) is -0.197. The van der Waals surface area contributed by atoms with Gasteiger partial charge in [-0.3, -0.25) is 14.7 Å². The van der Waals surface area contributed by atoms with Gasteiger partial charge in [0.1, 0.15) is 6.54 Å². The summed E-state index contributed by atoms with van der Waals surface area (Å²) in [7, 11) is 1.63. The Morgan fingerprint density at radius 1 is 1.19 bits per heavy atom. The maximum absolute atomic E-state index is 12.4. The molecule has 0 aliphatic carbocycles. The van der Waals surface area contributed by atoms with Crippen molar-refractivity contribution in [3.63, 3.8) is 0 Å². The molecule has 2 aliphatic heterocycles. The van der Waals surface area contributed by atoms with Crippen molar-refractivity contribution in [3.8, 4) is 17.2 Å². The third-order valence-electron chi connectivity index (χ3n) is 7.39. The molecule has 0 spiro atoms. The van der Waals surface area contributed by atoms with Gasteiger partial charge in [0.2, 0.25) is 0 Å². The largest absolute Gasteiger partial charge is 0.345 e. The summed E-state index contributed by atoms with van der Waals surface area (Å²) < 4.78 is 3.16. The average molecular weight is 533 g/mol. The smallest absolute Gasteiger partial charge is 0.327 e. The van der Waals surface area contributed by atoms with E-state index in [0.717, 1.165) is 63.1 Å². The molecular weight excluding hydrogens is 508 g/mol. The number of piperidine rings is 1. The van der Waals surface area contributed by atoms with E-state index in [1.165, 1.54) is 21.1 Å². The molecule has 1 N–H and O–H groups in total. The fourth-order valence-corrected chi connectivity index (χ4v) is 6.80. The minimum Gasteiger partial charge on any atom is -0.345 e. The van der Waals surface area contributed by atoms with Crippen molar-refractivity contribution in [2.45, 2.75) is 25.9 Å². The first-order chi connectivity index (χ1) is 17.9. The van der Waals surface area contributed by atoms with Gasteiger partial charge >= 0.3 is 6.03 Å². The van der Waals surface area contributed by atoms with Crippen molar-refractivity contribution in [2.24, 2.45) is 5.41 Å². The number of hydrogen-bond donors (Lipinski definition) is 1. The van der Waals surface area contributed by atoms with Crippen LogP contribution in [0.3, 0.4) is 0 Å². The van der Waals surface area contributed by atoms with Crippen LogP contribution in [0.1, 0.15) is 17.7 Å². The summed E-state index contributed by atoms with van der Waals surface area (Å²) in [6.07, 6.45) is 5.44. The highest BCUT2D eigenvalue weighted by Gasteiger charge is 2.34. The maximum atomic E-state index is 12.4. The number of amides is 3. The molecular formula is C27H25ClN6O2S. The topological polar surface area (TPSA) is 94.3 Å². The fourth-order valence-electron chi connectivity index (χ4n) is 5.44. The number of thiophene rings is 1. The van der Waals surface area contributed by atoms with E-state index in [1.807, 2.05) is 30.5 Å². The summed E-state index contributed by atoms with van der Waals surface area (Å²) >= 11 is 8.11. The molecule has 2 saturated heterocycles. The molecule has 4 aromatic rings. The predicted octanol–water partition coefficient (Wildman–Crippen LogP) is 4.86.